The van der Waals surface area contributed by atoms with Gasteiger partial charge in [0.1, 0.15) is 0 Å². The van der Waals surface area contributed by atoms with Crippen LogP contribution in [0.4, 0.5) is 0 Å². The number of benzene rings is 1. The van der Waals surface area contributed by atoms with E-state index in [0.29, 0.717) is 6.54 Å². The van der Waals surface area contributed by atoms with Gasteiger partial charge in [-0.3, -0.25) is 0 Å². The number of nitrogens with zero attached hydrogens (tertiary/aromatic N) is 1. The second-order valence-electron chi connectivity index (χ2n) is 5.07. The van der Waals surface area contributed by atoms with E-state index in [9.17, 15) is 8.42 Å². The number of rotatable bonds is 8. The van der Waals surface area contributed by atoms with Gasteiger partial charge < -0.3 is 5.32 Å². The molecule has 0 aliphatic heterocycles. The Morgan fingerprint density at radius 2 is 1.90 bits per heavy atom. The molecule has 1 unspecified atom stereocenters. The molecule has 0 aliphatic carbocycles. The summed E-state index contributed by atoms with van der Waals surface area (Å²) >= 11 is 0. The lowest BCUT2D eigenvalue weighted by molar-refractivity contribution is 0.342. The van der Waals surface area contributed by atoms with Crippen LogP contribution in [-0.2, 0) is 22.3 Å². The first kappa shape index (κ1) is 17.1. The summed E-state index contributed by atoms with van der Waals surface area (Å²) in [6.45, 7) is 7.13. The van der Waals surface area contributed by atoms with Crippen molar-refractivity contribution in [2.75, 3.05) is 13.6 Å². The maximum absolute atomic E-state index is 12.5. The monoisotopic (exact) mass is 298 g/mol. The lowest BCUT2D eigenvalue weighted by Gasteiger charge is -2.26. The van der Waals surface area contributed by atoms with Crippen molar-refractivity contribution in [3.63, 3.8) is 0 Å². The van der Waals surface area contributed by atoms with Gasteiger partial charge in [-0.1, -0.05) is 38.1 Å². The van der Waals surface area contributed by atoms with Gasteiger partial charge in [0.15, 0.2) is 0 Å². The molecule has 1 aromatic carbocycles. The standard InChI is InChI=1S/C15H26N2O2S/c1-5-13(3)17(6-2)20(18,19)12-15-9-7-8-14(10-15)11-16-4/h7-10,13,16H,5-6,11-12H2,1-4H3. The Bertz CT molecular complexity index is 514. The Hall–Kier alpha value is -0.910. The Kier molecular flexibility index (Phi) is 6.65. The topological polar surface area (TPSA) is 49.4 Å². The molecule has 0 heterocycles. The van der Waals surface area contributed by atoms with E-state index in [4.69, 9.17) is 0 Å². The molecule has 0 aliphatic rings. The average molecular weight is 298 g/mol. The minimum absolute atomic E-state index is 0.0468. The second kappa shape index (κ2) is 7.76. The molecule has 5 heteroatoms. The predicted octanol–water partition coefficient (Wildman–Crippen LogP) is 2.36. The van der Waals surface area contributed by atoms with Gasteiger partial charge in [0.25, 0.3) is 0 Å². The fourth-order valence-corrected chi connectivity index (χ4v) is 4.17. The SMILES string of the molecule is CCC(C)N(CC)S(=O)(=O)Cc1cccc(CNC)c1. The summed E-state index contributed by atoms with van der Waals surface area (Å²) in [5.41, 5.74) is 1.95. The summed E-state index contributed by atoms with van der Waals surface area (Å²) < 4.78 is 26.6. The molecule has 1 rings (SSSR count). The Balaban J connectivity index is 2.92. The third-order valence-electron chi connectivity index (χ3n) is 3.47. The van der Waals surface area contributed by atoms with E-state index < -0.39 is 10.0 Å². The maximum Gasteiger partial charge on any atom is 0.218 e. The molecule has 20 heavy (non-hydrogen) atoms. The highest BCUT2D eigenvalue weighted by Gasteiger charge is 2.24. The molecule has 0 saturated heterocycles. The summed E-state index contributed by atoms with van der Waals surface area (Å²) in [6.07, 6.45) is 0.826. The van der Waals surface area contributed by atoms with Crippen molar-refractivity contribution < 1.29 is 8.42 Å². The molecule has 0 fully saturated rings. The molecule has 1 atom stereocenters. The van der Waals surface area contributed by atoms with Gasteiger partial charge in [-0.05, 0) is 31.5 Å². The number of hydrogen-bond donors (Lipinski definition) is 1. The fraction of sp³-hybridized carbons (Fsp3) is 0.600. The summed E-state index contributed by atoms with van der Waals surface area (Å²) in [5, 5.41) is 3.08. The zero-order chi connectivity index (χ0) is 15.2. The molecular weight excluding hydrogens is 272 g/mol. The molecule has 114 valence electrons. The van der Waals surface area contributed by atoms with Crippen LogP contribution in [0.25, 0.3) is 0 Å². The normalized spacial score (nSPS) is 13.7. The van der Waals surface area contributed by atoms with Crippen molar-refractivity contribution in [3.8, 4) is 0 Å². The first-order chi connectivity index (χ1) is 9.44. The second-order valence-corrected chi connectivity index (χ2v) is 6.99. The number of hydrogen-bond acceptors (Lipinski definition) is 3. The van der Waals surface area contributed by atoms with E-state index in [0.717, 1.165) is 24.1 Å². The molecule has 0 aromatic heterocycles. The summed E-state index contributed by atoms with van der Waals surface area (Å²) in [5.74, 6) is 0.0722. The minimum Gasteiger partial charge on any atom is -0.316 e. The fourth-order valence-electron chi connectivity index (χ4n) is 2.31. The van der Waals surface area contributed by atoms with Gasteiger partial charge in [-0.2, -0.15) is 4.31 Å². The Morgan fingerprint density at radius 1 is 1.25 bits per heavy atom. The first-order valence-electron chi connectivity index (χ1n) is 7.16. The van der Waals surface area contributed by atoms with Crippen molar-refractivity contribution >= 4 is 10.0 Å². The van der Waals surface area contributed by atoms with Crippen LogP contribution in [-0.4, -0.2) is 32.4 Å². The van der Waals surface area contributed by atoms with Gasteiger partial charge in [-0.25, -0.2) is 8.42 Å². The van der Waals surface area contributed by atoms with Crippen molar-refractivity contribution in [1.29, 1.82) is 0 Å². The molecule has 4 nitrogen and oxygen atoms in total. The molecule has 1 aromatic rings. The van der Waals surface area contributed by atoms with Gasteiger partial charge in [0.05, 0.1) is 5.75 Å². The molecule has 0 saturated carbocycles. The third kappa shape index (κ3) is 4.58. The van der Waals surface area contributed by atoms with Crippen LogP contribution >= 0.6 is 0 Å². The van der Waals surface area contributed by atoms with Crippen molar-refractivity contribution in [2.24, 2.45) is 0 Å². The van der Waals surface area contributed by atoms with Crippen LogP contribution in [0.3, 0.4) is 0 Å². The highest BCUT2D eigenvalue weighted by atomic mass is 32.2. The van der Waals surface area contributed by atoms with Crippen LogP contribution < -0.4 is 5.32 Å². The van der Waals surface area contributed by atoms with E-state index in [-0.39, 0.29) is 11.8 Å². The highest BCUT2D eigenvalue weighted by molar-refractivity contribution is 7.88. The van der Waals surface area contributed by atoms with Crippen LogP contribution in [0.2, 0.25) is 0 Å². The largest absolute Gasteiger partial charge is 0.316 e. The van der Waals surface area contributed by atoms with Gasteiger partial charge in [0, 0.05) is 19.1 Å². The average Bonchev–Trinajstić information content (AvgIpc) is 2.39. The Labute approximate surface area is 123 Å². The van der Waals surface area contributed by atoms with Crippen LogP contribution in [0.5, 0.6) is 0 Å². The lowest BCUT2D eigenvalue weighted by atomic mass is 10.1. The quantitative estimate of drug-likeness (QED) is 0.801. The van der Waals surface area contributed by atoms with Crippen molar-refractivity contribution in [3.05, 3.63) is 35.4 Å². The number of nitrogens with one attached hydrogen (secondary N) is 1. The van der Waals surface area contributed by atoms with Crippen LogP contribution in [0.15, 0.2) is 24.3 Å². The van der Waals surface area contributed by atoms with Gasteiger partial charge in [0.2, 0.25) is 10.0 Å². The summed E-state index contributed by atoms with van der Waals surface area (Å²) in [4.78, 5) is 0. The van der Waals surface area contributed by atoms with Crippen LogP contribution in [0.1, 0.15) is 38.3 Å². The lowest BCUT2D eigenvalue weighted by Crippen LogP contribution is -2.38. The van der Waals surface area contributed by atoms with Crippen LogP contribution in [0, 0.1) is 0 Å². The Morgan fingerprint density at radius 3 is 2.45 bits per heavy atom. The zero-order valence-electron chi connectivity index (χ0n) is 12.9. The third-order valence-corrected chi connectivity index (χ3v) is 5.50. The van der Waals surface area contributed by atoms with E-state index >= 15 is 0 Å². The first-order valence-corrected chi connectivity index (χ1v) is 8.77. The van der Waals surface area contributed by atoms with E-state index in [1.165, 1.54) is 0 Å². The molecule has 0 bridgehead atoms. The molecular formula is C15H26N2O2S. The van der Waals surface area contributed by atoms with Gasteiger partial charge in [-0.15, -0.1) is 0 Å². The molecule has 0 spiro atoms. The molecule has 0 amide bonds. The van der Waals surface area contributed by atoms with Crippen molar-refractivity contribution in [1.82, 2.24) is 9.62 Å². The zero-order valence-corrected chi connectivity index (χ0v) is 13.7. The van der Waals surface area contributed by atoms with Crippen molar-refractivity contribution in [2.45, 2.75) is 45.5 Å². The molecule has 0 radical (unpaired) electrons. The van der Waals surface area contributed by atoms with E-state index in [1.807, 2.05) is 52.1 Å². The number of sulfonamides is 1. The minimum atomic E-state index is -3.26. The molecule has 1 N–H and O–H groups in total. The highest BCUT2D eigenvalue weighted by Crippen LogP contribution is 2.16. The summed E-state index contributed by atoms with van der Waals surface area (Å²) in [6, 6.07) is 7.79. The maximum atomic E-state index is 12.5. The smallest absolute Gasteiger partial charge is 0.218 e. The summed E-state index contributed by atoms with van der Waals surface area (Å²) in [7, 11) is -1.38. The van der Waals surface area contributed by atoms with E-state index in [2.05, 4.69) is 5.32 Å². The van der Waals surface area contributed by atoms with E-state index in [1.54, 1.807) is 4.31 Å². The predicted molar refractivity (Wildman–Crippen MR) is 84.0 cm³/mol. The van der Waals surface area contributed by atoms with Gasteiger partial charge >= 0.3 is 0 Å².